The standard InChI is InChI=1S/C9H15O2/c1-7-8(2)11-9(10-7)5-3-4-6-9/h7H,3-6H2,1-2H3. The highest BCUT2D eigenvalue weighted by Crippen LogP contribution is 2.43. The molecule has 0 aromatic heterocycles. The molecule has 1 saturated heterocycles. The minimum Gasteiger partial charge on any atom is -0.344 e. The fourth-order valence-corrected chi connectivity index (χ4v) is 1.94. The molecule has 11 heavy (non-hydrogen) atoms. The van der Waals surface area contributed by atoms with Crippen LogP contribution in [0.2, 0.25) is 0 Å². The van der Waals surface area contributed by atoms with E-state index in [4.69, 9.17) is 9.47 Å². The van der Waals surface area contributed by atoms with Crippen LogP contribution in [0.25, 0.3) is 0 Å². The van der Waals surface area contributed by atoms with Crippen LogP contribution < -0.4 is 0 Å². The summed E-state index contributed by atoms with van der Waals surface area (Å²) in [6.45, 7) is 4.07. The fourth-order valence-electron chi connectivity index (χ4n) is 1.94. The zero-order chi connectivity index (χ0) is 7.90. The molecule has 2 heteroatoms. The van der Waals surface area contributed by atoms with Gasteiger partial charge in [-0.1, -0.05) is 0 Å². The monoisotopic (exact) mass is 155 g/mol. The fraction of sp³-hybridized carbons (Fsp3) is 0.889. The van der Waals surface area contributed by atoms with Crippen LogP contribution in [0.5, 0.6) is 0 Å². The molecule has 0 bridgehead atoms. The van der Waals surface area contributed by atoms with Crippen LogP contribution in [-0.2, 0) is 9.47 Å². The summed E-state index contributed by atoms with van der Waals surface area (Å²) in [7, 11) is 0. The van der Waals surface area contributed by atoms with Gasteiger partial charge in [-0.25, -0.2) is 0 Å². The van der Waals surface area contributed by atoms with E-state index in [-0.39, 0.29) is 11.9 Å². The Morgan fingerprint density at radius 3 is 2.45 bits per heavy atom. The zero-order valence-electron chi connectivity index (χ0n) is 7.22. The summed E-state index contributed by atoms with van der Waals surface area (Å²) in [6.07, 6.45) is 5.91. The number of rotatable bonds is 0. The molecule has 2 nitrogen and oxygen atoms in total. The first kappa shape index (κ1) is 7.56. The van der Waals surface area contributed by atoms with Gasteiger partial charge in [-0.3, -0.25) is 0 Å². The van der Waals surface area contributed by atoms with Gasteiger partial charge in [0.2, 0.25) is 0 Å². The lowest BCUT2D eigenvalue weighted by atomic mass is 10.2. The molecular weight excluding hydrogens is 140 g/mol. The topological polar surface area (TPSA) is 18.5 Å². The molecule has 1 aliphatic heterocycles. The molecule has 0 aromatic carbocycles. The third-order valence-corrected chi connectivity index (χ3v) is 2.68. The molecule has 1 unspecified atom stereocenters. The maximum Gasteiger partial charge on any atom is 0.169 e. The molecule has 2 rings (SSSR count). The first-order valence-electron chi connectivity index (χ1n) is 4.42. The van der Waals surface area contributed by atoms with Crippen LogP contribution in [0.1, 0.15) is 39.5 Å². The molecule has 2 fully saturated rings. The molecule has 1 saturated carbocycles. The maximum atomic E-state index is 5.76. The zero-order valence-corrected chi connectivity index (χ0v) is 7.22. The second-order valence-electron chi connectivity index (χ2n) is 3.59. The average Bonchev–Trinajstić information content (AvgIpc) is 2.46. The van der Waals surface area contributed by atoms with Crippen LogP contribution in [0.4, 0.5) is 0 Å². The Kier molecular flexibility index (Phi) is 1.69. The Morgan fingerprint density at radius 2 is 2.00 bits per heavy atom. The van der Waals surface area contributed by atoms with Gasteiger partial charge in [0.25, 0.3) is 0 Å². The molecule has 1 radical (unpaired) electrons. The Bertz CT molecular complexity index is 138. The van der Waals surface area contributed by atoms with Gasteiger partial charge >= 0.3 is 0 Å². The SMILES string of the molecule is C[C]1OC2(CCCC2)OC1C. The molecule has 63 valence electrons. The lowest BCUT2D eigenvalue weighted by molar-refractivity contribution is -0.158. The van der Waals surface area contributed by atoms with E-state index in [1.54, 1.807) is 0 Å². The molecule has 1 spiro atoms. The van der Waals surface area contributed by atoms with Crippen LogP contribution >= 0.6 is 0 Å². The maximum absolute atomic E-state index is 5.76. The van der Waals surface area contributed by atoms with E-state index >= 15 is 0 Å². The molecule has 0 N–H and O–H groups in total. The Morgan fingerprint density at radius 1 is 1.36 bits per heavy atom. The third-order valence-electron chi connectivity index (χ3n) is 2.68. The van der Waals surface area contributed by atoms with Gasteiger partial charge in [0.15, 0.2) is 5.79 Å². The molecule has 1 atom stereocenters. The van der Waals surface area contributed by atoms with Gasteiger partial charge in [0, 0.05) is 12.8 Å². The lowest BCUT2D eigenvalue weighted by Crippen LogP contribution is -2.25. The van der Waals surface area contributed by atoms with Gasteiger partial charge in [0.1, 0.15) is 6.10 Å². The minimum absolute atomic E-state index is 0.202. The van der Waals surface area contributed by atoms with E-state index in [9.17, 15) is 0 Å². The van der Waals surface area contributed by atoms with Crippen molar-refractivity contribution in [3.8, 4) is 0 Å². The van der Waals surface area contributed by atoms with Gasteiger partial charge < -0.3 is 9.47 Å². The summed E-state index contributed by atoms with van der Waals surface area (Å²) >= 11 is 0. The van der Waals surface area contributed by atoms with Crippen molar-refractivity contribution in [1.82, 2.24) is 0 Å². The van der Waals surface area contributed by atoms with Gasteiger partial charge in [-0.05, 0) is 26.7 Å². The first-order chi connectivity index (χ1) is 5.22. The largest absolute Gasteiger partial charge is 0.344 e. The average molecular weight is 155 g/mol. The van der Waals surface area contributed by atoms with Crippen LogP contribution in [0, 0.1) is 6.10 Å². The van der Waals surface area contributed by atoms with Crippen LogP contribution in [0.15, 0.2) is 0 Å². The molecular formula is C9H15O2. The third kappa shape index (κ3) is 1.18. The summed E-state index contributed by atoms with van der Waals surface area (Å²) in [5, 5.41) is 0. The predicted octanol–water partition coefficient (Wildman–Crippen LogP) is 2.24. The number of hydrogen-bond donors (Lipinski definition) is 0. The van der Waals surface area contributed by atoms with Crippen molar-refractivity contribution in [3.05, 3.63) is 6.10 Å². The summed E-state index contributed by atoms with van der Waals surface area (Å²) in [6, 6.07) is 0. The van der Waals surface area contributed by atoms with Gasteiger partial charge in [-0.15, -0.1) is 0 Å². The molecule has 0 amide bonds. The highest BCUT2D eigenvalue weighted by atomic mass is 16.8. The van der Waals surface area contributed by atoms with Crippen molar-refractivity contribution < 1.29 is 9.47 Å². The second-order valence-corrected chi connectivity index (χ2v) is 3.59. The Labute approximate surface area is 67.9 Å². The quantitative estimate of drug-likeness (QED) is 0.534. The second kappa shape index (κ2) is 2.46. The molecule has 1 aliphatic carbocycles. The number of ether oxygens (including phenoxy) is 2. The summed E-state index contributed by atoms with van der Waals surface area (Å²) in [4.78, 5) is 0. The smallest absolute Gasteiger partial charge is 0.169 e. The van der Waals surface area contributed by atoms with Crippen molar-refractivity contribution in [3.63, 3.8) is 0 Å². The van der Waals surface area contributed by atoms with Crippen LogP contribution in [0.3, 0.4) is 0 Å². The first-order valence-corrected chi connectivity index (χ1v) is 4.42. The van der Waals surface area contributed by atoms with Crippen molar-refractivity contribution >= 4 is 0 Å². The van der Waals surface area contributed by atoms with Gasteiger partial charge in [-0.2, -0.15) is 0 Å². The lowest BCUT2D eigenvalue weighted by Gasteiger charge is -2.21. The normalized spacial score (nSPS) is 37.1. The summed E-state index contributed by atoms with van der Waals surface area (Å²) in [5.41, 5.74) is 0. The Hall–Kier alpha value is -0.0800. The minimum atomic E-state index is -0.205. The highest BCUT2D eigenvalue weighted by molar-refractivity contribution is 4.94. The van der Waals surface area contributed by atoms with E-state index in [2.05, 4.69) is 6.92 Å². The number of hydrogen-bond acceptors (Lipinski definition) is 2. The van der Waals surface area contributed by atoms with Crippen LogP contribution in [-0.4, -0.2) is 11.9 Å². The Balaban J connectivity index is 2.06. The van der Waals surface area contributed by atoms with E-state index < -0.39 is 0 Å². The van der Waals surface area contributed by atoms with E-state index in [1.807, 2.05) is 6.92 Å². The molecule has 2 aliphatic rings. The summed E-state index contributed by atoms with van der Waals surface area (Å²) in [5.74, 6) is -0.205. The van der Waals surface area contributed by atoms with Crippen molar-refractivity contribution in [2.24, 2.45) is 0 Å². The molecule has 1 heterocycles. The van der Waals surface area contributed by atoms with Crippen molar-refractivity contribution in [2.45, 2.75) is 51.4 Å². The van der Waals surface area contributed by atoms with E-state index in [0.717, 1.165) is 18.9 Å². The van der Waals surface area contributed by atoms with Gasteiger partial charge in [0.05, 0.1) is 6.10 Å². The van der Waals surface area contributed by atoms with Crippen molar-refractivity contribution in [1.29, 1.82) is 0 Å². The predicted molar refractivity (Wildman–Crippen MR) is 41.7 cm³/mol. The summed E-state index contributed by atoms with van der Waals surface area (Å²) < 4.78 is 11.5. The molecule has 0 aromatic rings. The highest BCUT2D eigenvalue weighted by Gasteiger charge is 2.46. The van der Waals surface area contributed by atoms with E-state index in [0.29, 0.717) is 0 Å². The van der Waals surface area contributed by atoms with E-state index in [1.165, 1.54) is 12.8 Å². The van der Waals surface area contributed by atoms with Crippen molar-refractivity contribution in [2.75, 3.05) is 0 Å².